The third-order valence-corrected chi connectivity index (χ3v) is 5.47. The van der Waals surface area contributed by atoms with E-state index in [-0.39, 0.29) is 12.1 Å². The summed E-state index contributed by atoms with van der Waals surface area (Å²) < 4.78 is 9.89. The van der Waals surface area contributed by atoms with E-state index < -0.39 is 11.6 Å². The number of aliphatic hydroxyl groups is 1. The molecule has 0 aromatic carbocycles. The maximum Gasteiger partial charge on any atom is 0.341 e. The number of ether oxygens (including phenoxy) is 2. The summed E-state index contributed by atoms with van der Waals surface area (Å²) in [6, 6.07) is 0. The molecule has 4 bridgehead atoms. The van der Waals surface area contributed by atoms with E-state index in [1.54, 1.807) is 7.11 Å². The molecular weight excluding hydrogens is 310 g/mol. The first-order valence-corrected chi connectivity index (χ1v) is 8.13. The second-order valence-electron chi connectivity index (χ2n) is 7.06. The van der Waals surface area contributed by atoms with Crippen molar-refractivity contribution in [3.8, 4) is 0 Å². The second-order valence-corrected chi connectivity index (χ2v) is 7.06. The van der Waals surface area contributed by atoms with E-state index in [0.717, 1.165) is 19.3 Å². The number of anilines is 1. The number of esters is 1. The average Bonchev–Trinajstić information content (AvgIpc) is 2.54. The third-order valence-electron chi connectivity index (χ3n) is 5.47. The smallest absolute Gasteiger partial charge is 0.341 e. The standard InChI is InChI=1S/C17H21N3O4/c1-23-8-13-11(14(21)24-2)7-18-15(19-13)20-16-4-3-12-10(5-16)6-17(12,22)9-16/h3,7,10,22H,4-6,8-9H2,1-2H3,(H,18,19,20). The highest BCUT2D eigenvalue weighted by Gasteiger charge is 2.61. The summed E-state index contributed by atoms with van der Waals surface area (Å²) in [7, 11) is 2.87. The van der Waals surface area contributed by atoms with Crippen molar-refractivity contribution in [2.45, 2.75) is 43.4 Å². The van der Waals surface area contributed by atoms with Crippen LogP contribution in [0.4, 0.5) is 5.95 Å². The van der Waals surface area contributed by atoms with Gasteiger partial charge in [0, 0.05) is 25.3 Å². The van der Waals surface area contributed by atoms with E-state index in [0.29, 0.717) is 29.5 Å². The Morgan fingerprint density at radius 1 is 1.46 bits per heavy atom. The predicted molar refractivity (Wildman–Crippen MR) is 85.4 cm³/mol. The molecule has 1 aromatic rings. The average molecular weight is 331 g/mol. The Balaban J connectivity index is 1.60. The highest BCUT2D eigenvalue weighted by Crippen LogP contribution is 2.61. The lowest BCUT2D eigenvalue weighted by Gasteiger charge is -2.62. The second kappa shape index (κ2) is 5.26. The number of aromatic nitrogens is 2. The van der Waals surface area contributed by atoms with Crippen LogP contribution in [-0.2, 0) is 16.1 Å². The van der Waals surface area contributed by atoms with Crippen LogP contribution in [0.3, 0.4) is 0 Å². The molecule has 5 aliphatic rings. The van der Waals surface area contributed by atoms with E-state index in [4.69, 9.17) is 9.47 Å². The predicted octanol–water partition coefficient (Wildman–Crippen LogP) is 1.44. The van der Waals surface area contributed by atoms with Crippen molar-refractivity contribution >= 4 is 11.9 Å². The first-order valence-electron chi connectivity index (χ1n) is 8.13. The molecule has 3 saturated carbocycles. The lowest BCUT2D eigenvalue weighted by molar-refractivity contribution is -0.0791. The Hall–Kier alpha value is -1.99. The van der Waals surface area contributed by atoms with Crippen LogP contribution in [0.5, 0.6) is 0 Å². The number of fused-ring (bicyclic) bond motifs is 1. The molecule has 0 spiro atoms. The maximum atomic E-state index is 11.8. The van der Waals surface area contributed by atoms with E-state index in [1.807, 2.05) is 0 Å². The summed E-state index contributed by atoms with van der Waals surface area (Å²) in [6.45, 7) is 0.200. The quantitative estimate of drug-likeness (QED) is 0.623. The van der Waals surface area contributed by atoms with Crippen LogP contribution in [-0.4, -0.2) is 46.4 Å². The Bertz CT molecular complexity index is 735. The van der Waals surface area contributed by atoms with Gasteiger partial charge < -0.3 is 19.9 Å². The molecule has 3 atom stereocenters. The summed E-state index contributed by atoms with van der Waals surface area (Å²) in [5.41, 5.74) is 1.16. The molecule has 3 unspecified atom stereocenters. The zero-order valence-electron chi connectivity index (χ0n) is 13.8. The minimum atomic E-state index is -0.643. The molecule has 7 nitrogen and oxygen atoms in total. The van der Waals surface area contributed by atoms with Crippen molar-refractivity contribution in [3.63, 3.8) is 0 Å². The van der Waals surface area contributed by atoms with Gasteiger partial charge in [0.1, 0.15) is 5.56 Å². The minimum absolute atomic E-state index is 0.200. The van der Waals surface area contributed by atoms with Crippen molar-refractivity contribution in [2.75, 3.05) is 19.5 Å². The van der Waals surface area contributed by atoms with Gasteiger partial charge >= 0.3 is 5.97 Å². The number of carbonyl (C=O) groups excluding carboxylic acids is 1. The largest absolute Gasteiger partial charge is 0.465 e. The number of hydrogen-bond donors (Lipinski definition) is 2. The topological polar surface area (TPSA) is 93.6 Å². The molecule has 128 valence electrons. The molecule has 0 radical (unpaired) electrons. The molecule has 1 heterocycles. The molecular formula is C17H21N3O4. The van der Waals surface area contributed by atoms with Crippen LogP contribution in [0.1, 0.15) is 41.7 Å². The van der Waals surface area contributed by atoms with Crippen molar-refractivity contribution < 1.29 is 19.4 Å². The van der Waals surface area contributed by atoms with Gasteiger partial charge in [0.15, 0.2) is 0 Å². The Labute approximate surface area is 140 Å². The molecule has 0 saturated heterocycles. The first kappa shape index (κ1) is 15.5. The molecule has 2 N–H and O–H groups in total. The van der Waals surface area contributed by atoms with Crippen molar-refractivity contribution in [3.05, 3.63) is 29.1 Å². The molecule has 5 aliphatic carbocycles. The summed E-state index contributed by atoms with van der Waals surface area (Å²) in [4.78, 5) is 20.5. The lowest BCUT2D eigenvalue weighted by atomic mass is 9.48. The maximum absolute atomic E-state index is 11.8. The fraction of sp³-hybridized carbons (Fsp3) is 0.588. The Morgan fingerprint density at radius 3 is 2.96 bits per heavy atom. The number of nitrogens with zero attached hydrogens (tertiary/aromatic N) is 2. The molecule has 0 amide bonds. The van der Waals surface area contributed by atoms with Gasteiger partial charge in [-0.25, -0.2) is 14.8 Å². The van der Waals surface area contributed by atoms with Crippen LogP contribution in [0.25, 0.3) is 0 Å². The number of carbonyl (C=O) groups is 1. The number of nitrogens with one attached hydrogen (secondary N) is 1. The molecule has 0 aliphatic heterocycles. The van der Waals surface area contributed by atoms with Crippen molar-refractivity contribution in [1.29, 1.82) is 0 Å². The number of methoxy groups -OCH3 is 2. The van der Waals surface area contributed by atoms with Gasteiger partial charge in [0.2, 0.25) is 5.95 Å². The molecule has 3 fully saturated rings. The number of hydrogen-bond acceptors (Lipinski definition) is 7. The van der Waals surface area contributed by atoms with Crippen LogP contribution in [0.2, 0.25) is 0 Å². The summed E-state index contributed by atoms with van der Waals surface area (Å²) in [6.07, 6.45) is 7.02. The fourth-order valence-electron chi connectivity index (χ4n) is 4.55. The van der Waals surface area contributed by atoms with Gasteiger partial charge in [-0.05, 0) is 30.8 Å². The van der Waals surface area contributed by atoms with Crippen molar-refractivity contribution in [2.24, 2.45) is 5.92 Å². The zero-order chi connectivity index (χ0) is 16.9. The van der Waals surface area contributed by atoms with Gasteiger partial charge in [0.25, 0.3) is 0 Å². The molecule has 6 rings (SSSR count). The van der Waals surface area contributed by atoms with Crippen molar-refractivity contribution in [1.82, 2.24) is 9.97 Å². The fourth-order valence-corrected chi connectivity index (χ4v) is 4.55. The van der Waals surface area contributed by atoms with Gasteiger partial charge in [-0.15, -0.1) is 0 Å². The molecule has 7 heteroatoms. The van der Waals surface area contributed by atoms with E-state index in [1.165, 1.54) is 18.9 Å². The lowest BCUT2D eigenvalue weighted by Crippen LogP contribution is -2.64. The Morgan fingerprint density at radius 2 is 2.29 bits per heavy atom. The number of rotatable bonds is 5. The van der Waals surface area contributed by atoms with Gasteiger partial charge in [-0.1, -0.05) is 6.08 Å². The van der Waals surface area contributed by atoms with Gasteiger partial charge in [-0.3, -0.25) is 0 Å². The van der Waals surface area contributed by atoms with Crippen LogP contribution in [0, 0.1) is 5.92 Å². The van der Waals surface area contributed by atoms with Crippen LogP contribution < -0.4 is 5.32 Å². The summed E-state index contributed by atoms with van der Waals surface area (Å²) in [5.74, 6) is 0.444. The SMILES string of the molecule is COCc1nc(NC23CC=C4C(C2)CC4(O)C3)ncc1C(=O)OC. The molecule has 1 aromatic heterocycles. The normalized spacial score (nSPS) is 32.8. The Kier molecular flexibility index (Phi) is 3.40. The van der Waals surface area contributed by atoms with Gasteiger partial charge in [0.05, 0.1) is 25.0 Å². The first-order chi connectivity index (χ1) is 11.5. The van der Waals surface area contributed by atoms with Crippen LogP contribution >= 0.6 is 0 Å². The highest BCUT2D eigenvalue weighted by atomic mass is 16.5. The third kappa shape index (κ3) is 2.22. The summed E-state index contributed by atoms with van der Waals surface area (Å²) in [5, 5.41) is 14.0. The van der Waals surface area contributed by atoms with Gasteiger partial charge in [-0.2, -0.15) is 0 Å². The highest BCUT2D eigenvalue weighted by molar-refractivity contribution is 5.90. The van der Waals surface area contributed by atoms with Crippen LogP contribution in [0.15, 0.2) is 17.8 Å². The van der Waals surface area contributed by atoms with E-state index >= 15 is 0 Å². The molecule has 24 heavy (non-hydrogen) atoms. The zero-order valence-corrected chi connectivity index (χ0v) is 13.8. The monoisotopic (exact) mass is 331 g/mol. The minimum Gasteiger partial charge on any atom is -0.465 e. The van der Waals surface area contributed by atoms with E-state index in [9.17, 15) is 9.90 Å². The summed E-state index contributed by atoms with van der Waals surface area (Å²) >= 11 is 0. The van der Waals surface area contributed by atoms with E-state index in [2.05, 4.69) is 21.4 Å².